The highest BCUT2D eigenvalue weighted by Crippen LogP contribution is 2.43. The predicted molar refractivity (Wildman–Crippen MR) is 157 cm³/mol. The average molecular weight is 530 g/mol. The molecule has 1 aliphatic rings. The number of nitrogens with zero attached hydrogens (tertiary/aromatic N) is 1. The van der Waals surface area contributed by atoms with Gasteiger partial charge in [0.1, 0.15) is 23.1 Å². The van der Waals surface area contributed by atoms with Crippen molar-refractivity contribution in [3.63, 3.8) is 0 Å². The number of carbonyl (C=O) groups excluding carboxylic acids is 2. The number of likely N-dealkylation sites (tertiary alicyclic amines) is 1. The molecule has 1 N–H and O–H groups in total. The largest absolute Gasteiger partial charge is 0.507 e. The van der Waals surface area contributed by atoms with E-state index in [9.17, 15) is 14.7 Å². The van der Waals surface area contributed by atoms with E-state index in [-0.39, 0.29) is 40.2 Å². The van der Waals surface area contributed by atoms with Gasteiger partial charge >= 0.3 is 5.97 Å². The van der Waals surface area contributed by atoms with Gasteiger partial charge in [0, 0.05) is 23.9 Å². The number of rotatable bonds is 8. The smallest absolute Gasteiger partial charge is 0.320 e. The molecule has 216 valence electrons. The van der Waals surface area contributed by atoms with Crippen LogP contribution in [-0.4, -0.2) is 46.0 Å². The van der Waals surface area contributed by atoms with Gasteiger partial charge < -0.3 is 9.84 Å². The summed E-state index contributed by atoms with van der Waals surface area (Å²) in [7, 11) is 2.13. The highest BCUT2D eigenvalue weighted by atomic mass is 16.5. The van der Waals surface area contributed by atoms with Crippen LogP contribution in [0, 0.1) is 5.41 Å². The van der Waals surface area contributed by atoms with Crippen LogP contribution in [0.15, 0.2) is 12.1 Å². The zero-order chi connectivity index (χ0) is 29.5. The zero-order valence-corrected chi connectivity index (χ0v) is 26.6. The Morgan fingerprint density at radius 3 is 1.79 bits per heavy atom. The Balaban J connectivity index is 2.59. The summed E-state index contributed by atoms with van der Waals surface area (Å²) in [5.41, 5.74) is 0.451. The van der Waals surface area contributed by atoms with Crippen LogP contribution >= 0.6 is 0 Å². The Morgan fingerprint density at radius 2 is 1.42 bits per heavy atom. The van der Waals surface area contributed by atoms with Crippen LogP contribution in [-0.2, 0) is 31.6 Å². The quantitative estimate of drug-likeness (QED) is 0.279. The standard InChI is InChI=1S/C33H55NO4/c1-14-15-16-33(22(2)35,28(37)38-24-20-31(9,10)34(13)32(11,12)21-24)19-23-17-25(29(3,4)5)27(36)26(18-23)30(6,7)8/h17-18,24,36H,14-16,19-21H2,1-13H3. The lowest BCUT2D eigenvalue weighted by molar-refractivity contribution is -0.173. The van der Waals surface area contributed by atoms with Crippen molar-refractivity contribution in [1.82, 2.24) is 4.90 Å². The fourth-order valence-corrected chi connectivity index (χ4v) is 6.10. The summed E-state index contributed by atoms with van der Waals surface area (Å²) >= 11 is 0. The molecule has 0 saturated carbocycles. The van der Waals surface area contributed by atoms with E-state index in [0.29, 0.717) is 12.2 Å². The Hall–Kier alpha value is -1.88. The number of phenols is 1. The maximum Gasteiger partial charge on any atom is 0.320 e. The number of hydrogen-bond donors (Lipinski definition) is 1. The van der Waals surface area contributed by atoms with Gasteiger partial charge in [0.05, 0.1) is 0 Å². The topological polar surface area (TPSA) is 66.8 Å². The highest BCUT2D eigenvalue weighted by Gasteiger charge is 2.49. The number of piperidine rings is 1. The molecule has 1 atom stereocenters. The maximum atomic E-state index is 14.1. The first-order chi connectivity index (χ1) is 17.1. The molecule has 2 rings (SSSR count). The number of ether oxygens (including phenoxy) is 1. The molecule has 1 aromatic carbocycles. The third-order valence-corrected chi connectivity index (χ3v) is 8.86. The van der Waals surface area contributed by atoms with E-state index >= 15 is 0 Å². The minimum Gasteiger partial charge on any atom is -0.507 e. The van der Waals surface area contributed by atoms with Crippen LogP contribution < -0.4 is 0 Å². The zero-order valence-electron chi connectivity index (χ0n) is 26.6. The molecule has 0 aromatic heterocycles. The van der Waals surface area contributed by atoms with E-state index in [4.69, 9.17) is 4.74 Å². The van der Waals surface area contributed by atoms with Gasteiger partial charge in [-0.2, -0.15) is 0 Å². The van der Waals surface area contributed by atoms with Crippen molar-refractivity contribution in [2.75, 3.05) is 7.05 Å². The number of hydrogen-bond acceptors (Lipinski definition) is 5. The second-order valence-electron chi connectivity index (χ2n) is 15.1. The molecule has 1 aromatic rings. The fourth-order valence-electron chi connectivity index (χ4n) is 6.10. The highest BCUT2D eigenvalue weighted by molar-refractivity contribution is 6.03. The molecule has 38 heavy (non-hydrogen) atoms. The Morgan fingerprint density at radius 1 is 0.974 bits per heavy atom. The molecule has 1 saturated heterocycles. The predicted octanol–water partition coefficient (Wildman–Crippen LogP) is 7.49. The van der Waals surface area contributed by atoms with Gasteiger partial charge in [0.15, 0.2) is 0 Å². The molecular weight excluding hydrogens is 474 g/mol. The Bertz CT molecular complexity index is 971. The lowest BCUT2D eigenvalue weighted by atomic mass is 9.71. The number of aromatic hydroxyl groups is 1. The van der Waals surface area contributed by atoms with Gasteiger partial charge in [-0.05, 0) is 82.0 Å². The van der Waals surface area contributed by atoms with E-state index in [2.05, 4.69) is 88.1 Å². The fraction of sp³-hybridized carbons (Fsp3) is 0.758. The molecule has 0 spiro atoms. The first-order valence-electron chi connectivity index (χ1n) is 14.4. The van der Waals surface area contributed by atoms with Crippen molar-refractivity contribution in [2.45, 2.75) is 150 Å². The van der Waals surface area contributed by atoms with Gasteiger partial charge in [0.25, 0.3) is 0 Å². The average Bonchev–Trinajstić information content (AvgIpc) is 2.73. The lowest BCUT2D eigenvalue weighted by Gasteiger charge is -2.53. The van der Waals surface area contributed by atoms with E-state index in [1.807, 2.05) is 12.1 Å². The summed E-state index contributed by atoms with van der Waals surface area (Å²) in [5.74, 6) is -0.249. The molecule has 5 nitrogen and oxygen atoms in total. The van der Waals surface area contributed by atoms with E-state index in [1.54, 1.807) is 0 Å². The summed E-state index contributed by atoms with van der Waals surface area (Å²) in [6.45, 7) is 24.8. The van der Waals surface area contributed by atoms with Gasteiger partial charge in [-0.15, -0.1) is 0 Å². The molecule has 0 amide bonds. The van der Waals surface area contributed by atoms with Crippen molar-refractivity contribution < 1.29 is 19.4 Å². The molecular formula is C33H55NO4. The van der Waals surface area contributed by atoms with E-state index in [0.717, 1.165) is 42.4 Å². The van der Waals surface area contributed by atoms with Gasteiger partial charge in [-0.3, -0.25) is 14.5 Å². The van der Waals surface area contributed by atoms with Crippen molar-refractivity contribution in [3.8, 4) is 5.75 Å². The Labute approximate surface area is 232 Å². The number of esters is 1. The van der Waals surface area contributed by atoms with E-state index in [1.165, 1.54) is 6.92 Å². The monoisotopic (exact) mass is 529 g/mol. The van der Waals surface area contributed by atoms with Crippen molar-refractivity contribution in [1.29, 1.82) is 0 Å². The molecule has 1 fully saturated rings. The van der Waals surface area contributed by atoms with Crippen molar-refractivity contribution in [3.05, 3.63) is 28.8 Å². The Kier molecular flexibility index (Phi) is 9.31. The summed E-state index contributed by atoms with van der Waals surface area (Å²) in [4.78, 5) is 29.9. The SMILES string of the molecule is CCCCC(Cc1cc(C(C)(C)C)c(O)c(C(C)(C)C)c1)(C(C)=O)C(=O)OC1CC(C)(C)N(C)C(C)(C)C1. The summed E-state index contributed by atoms with van der Waals surface area (Å²) in [5, 5.41) is 11.2. The molecule has 1 heterocycles. The third kappa shape index (κ3) is 6.81. The summed E-state index contributed by atoms with van der Waals surface area (Å²) < 4.78 is 6.29. The van der Waals surface area contributed by atoms with Crippen LogP contribution in [0.3, 0.4) is 0 Å². The maximum absolute atomic E-state index is 14.1. The normalized spacial score (nSPS) is 20.1. The second-order valence-corrected chi connectivity index (χ2v) is 15.1. The van der Waals surface area contributed by atoms with Crippen molar-refractivity contribution >= 4 is 11.8 Å². The number of unbranched alkanes of at least 4 members (excludes halogenated alkanes) is 1. The summed E-state index contributed by atoms with van der Waals surface area (Å²) in [6, 6.07) is 3.98. The minimum atomic E-state index is -1.26. The second kappa shape index (κ2) is 10.9. The van der Waals surface area contributed by atoms with Crippen molar-refractivity contribution in [2.24, 2.45) is 5.41 Å². The van der Waals surface area contributed by atoms with Gasteiger partial charge in [0.2, 0.25) is 0 Å². The van der Waals surface area contributed by atoms with Crippen LogP contribution in [0.4, 0.5) is 0 Å². The summed E-state index contributed by atoms with van der Waals surface area (Å²) in [6.07, 6.45) is 3.56. The molecule has 0 aliphatic carbocycles. The van der Waals surface area contributed by atoms with Gasteiger partial charge in [-0.25, -0.2) is 0 Å². The molecule has 1 aliphatic heterocycles. The number of benzene rings is 1. The first-order valence-corrected chi connectivity index (χ1v) is 14.4. The van der Waals surface area contributed by atoms with Crippen LogP contribution in [0.2, 0.25) is 0 Å². The van der Waals surface area contributed by atoms with Crippen LogP contribution in [0.1, 0.15) is 132 Å². The minimum absolute atomic E-state index is 0.130. The number of phenolic OH excluding ortho intramolecular Hbond substituents is 1. The third-order valence-electron chi connectivity index (χ3n) is 8.86. The number of carbonyl (C=O) groups is 2. The molecule has 1 unspecified atom stereocenters. The van der Waals surface area contributed by atoms with E-state index < -0.39 is 11.4 Å². The number of Topliss-reactive ketones (excluding diaryl/α,β-unsaturated/α-hetero) is 1. The van der Waals surface area contributed by atoms with Crippen LogP contribution in [0.5, 0.6) is 5.75 Å². The molecule has 5 heteroatoms. The molecule has 0 radical (unpaired) electrons. The first kappa shape index (κ1) is 32.3. The lowest BCUT2D eigenvalue weighted by Crippen LogP contribution is -2.60. The van der Waals surface area contributed by atoms with Crippen LogP contribution in [0.25, 0.3) is 0 Å². The number of ketones is 1. The van der Waals surface area contributed by atoms with Gasteiger partial charge in [-0.1, -0.05) is 73.4 Å². The molecule has 0 bridgehead atoms.